The highest BCUT2D eigenvalue weighted by molar-refractivity contribution is 7.92. The van der Waals surface area contributed by atoms with Crippen molar-refractivity contribution < 1.29 is 22.7 Å². The first-order valence-electron chi connectivity index (χ1n) is 9.40. The summed E-state index contributed by atoms with van der Waals surface area (Å²) in [6.07, 6.45) is 1.74. The molecule has 168 valence electrons. The van der Waals surface area contributed by atoms with Crippen LogP contribution in [0.5, 0.6) is 0 Å². The number of hydrogen-bond donors (Lipinski definition) is 3. The monoisotopic (exact) mass is 460 g/mol. The second kappa shape index (κ2) is 8.52. The zero-order chi connectivity index (χ0) is 23.7. The molecule has 3 heterocycles. The Kier molecular flexibility index (Phi) is 6.16. The van der Waals surface area contributed by atoms with E-state index in [4.69, 9.17) is 5.26 Å². The van der Waals surface area contributed by atoms with Gasteiger partial charge in [0.2, 0.25) is 10.0 Å². The lowest BCUT2D eigenvalue weighted by Crippen LogP contribution is -2.42. The van der Waals surface area contributed by atoms with Crippen LogP contribution >= 0.6 is 0 Å². The van der Waals surface area contributed by atoms with Gasteiger partial charge in [0.05, 0.1) is 58.3 Å². The Labute approximate surface area is 183 Å². The van der Waals surface area contributed by atoms with E-state index in [1.165, 1.54) is 36.8 Å². The van der Waals surface area contributed by atoms with Crippen LogP contribution in [0.3, 0.4) is 0 Å². The molecule has 0 aliphatic rings. The Balaban J connectivity index is 1.99. The van der Waals surface area contributed by atoms with Gasteiger partial charge in [-0.15, -0.1) is 0 Å². The number of anilines is 1. The number of carbonyl (C=O) groups excluding carboxylic acids is 1. The van der Waals surface area contributed by atoms with Gasteiger partial charge in [-0.05, 0) is 38.1 Å². The Morgan fingerprint density at radius 3 is 2.69 bits per heavy atom. The van der Waals surface area contributed by atoms with Crippen LogP contribution in [0.25, 0.3) is 16.9 Å². The minimum atomic E-state index is -3.76. The molecule has 1 amide bonds. The summed E-state index contributed by atoms with van der Waals surface area (Å²) in [6.45, 7) is 2.06. The Bertz CT molecular complexity index is 1320. The second-order valence-electron chi connectivity index (χ2n) is 7.73. The summed E-state index contributed by atoms with van der Waals surface area (Å²) in [5.41, 5.74) is -0.0270. The molecule has 0 aromatic carbocycles. The van der Waals surface area contributed by atoms with Crippen molar-refractivity contribution in [1.82, 2.24) is 19.9 Å². The summed E-state index contributed by atoms with van der Waals surface area (Å²) in [7, 11) is -3.76. The van der Waals surface area contributed by atoms with E-state index in [9.17, 15) is 22.7 Å². The molecule has 3 aromatic rings. The van der Waals surface area contributed by atoms with E-state index in [1.807, 2.05) is 6.07 Å². The summed E-state index contributed by atoms with van der Waals surface area (Å²) in [5, 5.41) is 25.2. The fourth-order valence-electron chi connectivity index (χ4n) is 2.84. The minimum Gasteiger partial charge on any atom is -0.387 e. The average Bonchev–Trinajstić information content (AvgIpc) is 3.12. The topological polar surface area (TPSA) is 149 Å². The van der Waals surface area contributed by atoms with Crippen molar-refractivity contribution >= 4 is 27.1 Å². The molecule has 0 fully saturated rings. The Morgan fingerprint density at radius 2 is 2.06 bits per heavy atom. The van der Waals surface area contributed by atoms with Gasteiger partial charge in [0.25, 0.3) is 5.91 Å². The first-order chi connectivity index (χ1) is 14.9. The van der Waals surface area contributed by atoms with Crippen molar-refractivity contribution in [2.45, 2.75) is 25.6 Å². The van der Waals surface area contributed by atoms with Crippen LogP contribution in [0.2, 0.25) is 0 Å². The predicted molar refractivity (Wildman–Crippen MR) is 115 cm³/mol. The van der Waals surface area contributed by atoms with Gasteiger partial charge in [0, 0.05) is 6.20 Å². The summed E-state index contributed by atoms with van der Waals surface area (Å²) in [5.74, 6) is -0.765. The third-order valence-electron chi connectivity index (χ3n) is 4.54. The summed E-state index contributed by atoms with van der Waals surface area (Å²) >= 11 is 0. The maximum absolute atomic E-state index is 14.0. The molecule has 12 heteroatoms. The summed E-state index contributed by atoms with van der Waals surface area (Å²) < 4.78 is 41.5. The van der Waals surface area contributed by atoms with Crippen molar-refractivity contribution in [1.29, 1.82) is 5.26 Å². The molecular formula is C20H21FN6O4S. The van der Waals surface area contributed by atoms with Crippen LogP contribution in [0.15, 0.2) is 36.7 Å². The van der Waals surface area contributed by atoms with Crippen molar-refractivity contribution in [2.75, 3.05) is 17.5 Å². The number of aliphatic hydroxyl groups is 1. The lowest BCUT2D eigenvalue weighted by Gasteiger charge is -2.22. The summed E-state index contributed by atoms with van der Waals surface area (Å²) in [4.78, 5) is 16.8. The first kappa shape index (κ1) is 23.1. The summed E-state index contributed by atoms with van der Waals surface area (Å²) in [6, 6.07) is 8.39. The molecule has 0 bridgehead atoms. The standard InChI is InChI=1S/C20H21FN6O4S/c1-20(2,29)18(21)11-24-19(28)14-10-23-16(7-15(14)26-32(3,30)31)17-5-4-13-6-12(8-22)9-25-27(13)17/h4-7,9-10,18,29H,11H2,1-3H3,(H,23,26)(H,24,28). The van der Waals surface area contributed by atoms with E-state index < -0.39 is 34.2 Å². The number of nitriles is 1. The molecule has 0 saturated heterocycles. The molecule has 0 spiro atoms. The van der Waals surface area contributed by atoms with Crippen molar-refractivity contribution in [2.24, 2.45) is 0 Å². The number of sulfonamides is 1. The number of carbonyl (C=O) groups is 1. The van der Waals surface area contributed by atoms with Gasteiger partial charge in [0.1, 0.15) is 12.2 Å². The molecule has 1 unspecified atom stereocenters. The quantitative estimate of drug-likeness (QED) is 0.483. The molecule has 0 aliphatic carbocycles. The van der Waals surface area contributed by atoms with Gasteiger partial charge in [-0.1, -0.05) is 0 Å². The number of alkyl halides is 1. The molecule has 0 saturated carbocycles. The number of fused-ring (bicyclic) bond motifs is 1. The Morgan fingerprint density at radius 1 is 1.34 bits per heavy atom. The maximum atomic E-state index is 14.0. The van der Waals surface area contributed by atoms with E-state index in [1.54, 1.807) is 18.2 Å². The fraction of sp³-hybridized carbons (Fsp3) is 0.300. The van der Waals surface area contributed by atoms with E-state index in [-0.39, 0.29) is 11.3 Å². The van der Waals surface area contributed by atoms with Gasteiger partial charge in [-0.2, -0.15) is 10.4 Å². The van der Waals surface area contributed by atoms with Crippen LogP contribution in [-0.4, -0.2) is 58.6 Å². The molecule has 3 rings (SSSR count). The highest BCUT2D eigenvalue weighted by atomic mass is 32.2. The van der Waals surface area contributed by atoms with Crippen LogP contribution in [0, 0.1) is 11.3 Å². The fourth-order valence-corrected chi connectivity index (χ4v) is 3.41. The number of aromatic nitrogens is 3. The van der Waals surface area contributed by atoms with E-state index in [2.05, 4.69) is 20.1 Å². The van der Waals surface area contributed by atoms with E-state index >= 15 is 0 Å². The number of nitrogens with one attached hydrogen (secondary N) is 2. The van der Waals surface area contributed by atoms with E-state index in [0.717, 1.165) is 6.26 Å². The lowest BCUT2D eigenvalue weighted by atomic mass is 10.0. The molecule has 0 aliphatic heterocycles. The number of halogens is 1. The minimum absolute atomic E-state index is 0.0581. The van der Waals surface area contributed by atoms with Gasteiger partial charge >= 0.3 is 0 Å². The number of pyridine rings is 1. The van der Waals surface area contributed by atoms with E-state index in [0.29, 0.717) is 22.5 Å². The Hall–Kier alpha value is -3.56. The highest BCUT2D eigenvalue weighted by Crippen LogP contribution is 2.26. The van der Waals surface area contributed by atoms with Crippen LogP contribution in [0.1, 0.15) is 29.8 Å². The largest absolute Gasteiger partial charge is 0.387 e. The molecule has 3 N–H and O–H groups in total. The lowest BCUT2D eigenvalue weighted by molar-refractivity contribution is -0.00177. The average molecular weight is 460 g/mol. The zero-order valence-corrected chi connectivity index (χ0v) is 18.3. The smallest absolute Gasteiger partial charge is 0.255 e. The van der Waals surface area contributed by atoms with Crippen LogP contribution < -0.4 is 10.0 Å². The SMILES string of the molecule is CC(C)(O)C(F)CNC(=O)c1cnc(-c2ccc3cc(C#N)cnn23)cc1NS(C)(=O)=O. The molecule has 10 nitrogen and oxygen atoms in total. The zero-order valence-electron chi connectivity index (χ0n) is 17.5. The molecule has 0 radical (unpaired) electrons. The molecule has 32 heavy (non-hydrogen) atoms. The third-order valence-corrected chi connectivity index (χ3v) is 5.13. The van der Waals surface area contributed by atoms with Crippen molar-refractivity contribution in [3.8, 4) is 17.5 Å². The highest BCUT2D eigenvalue weighted by Gasteiger charge is 2.27. The third kappa shape index (κ3) is 5.19. The van der Waals surface area contributed by atoms with Crippen LogP contribution in [0.4, 0.5) is 10.1 Å². The van der Waals surface area contributed by atoms with Gasteiger partial charge in [-0.3, -0.25) is 14.5 Å². The predicted octanol–water partition coefficient (Wildman–Crippen LogP) is 1.48. The number of rotatable bonds is 7. The molecule has 1 atom stereocenters. The molecular weight excluding hydrogens is 439 g/mol. The maximum Gasteiger partial charge on any atom is 0.255 e. The van der Waals surface area contributed by atoms with Gasteiger partial charge in [-0.25, -0.2) is 17.3 Å². The molecule has 3 aromatic heterocycles. The van der Waals surface area contributed by atoms with Crippen molar-refractivity contribution in [3.05, 3.63) is 47.8 Å². The van der Waals surface area contributed by atoms with Crippen LogP contribution in [-0.2, 0) is 10.0 Å². The number of hydrogen-bond acceptors (Lipinski definition) is 7. The number of nitrogens with zero attached hydrogens (tertiary/aromatic N) is 4. The van der Waals surface area contributed by atoms with Gasteiger partial charge in [0.15, 0.2) is 0 Å². The van der Waals surface area contributed by atoms with Crippen molar-refractivity contribution in [3.63, 3.8) is 0 Å². The number of amides is 1. The first-order valence-corrected chi connectivity index (χ1v) is 11.3. The normalized spacial score (nSPS) is 12.9. The second-order valence-corrected chi connectivity index (χ2v) is 9.48. The van der Waals surface area contributed by atoms with Gasteiger partial charge < -0.3 is 10.4 Å².